The van der Waals surface area contributed by atoms with Gasteiger partial charge >= 0.3 is 0 Å². The average Bonchev–Trinajstić information content (AvgIpc) is 2.69. The predicted molar refractivity (Wildman–Crippen MR) is 114 cm³/mol. The van der Waals surface area contributed by atoms with Gasteiger partial charge in [0.1, 0.15) is 0 Å². The summed E-state index contributed by atoms with van der Waals surface area (Å²) >= 11 is 0. The molecule has 0 N–H and O–H groups in total. The van der Waals surface area contributed by atoms with E-state index in [1.807, 2.05) is 62.4 Å². The Morgan fingerprint density at radius 1 is 0.778 bits per heavy atom. The second-order valence-electron chi connectivity index (χ2n) is 6.81. The Bertz CT molecular complexity index is 907. The zero-order chi connectivity index (χ0) is 19.4. The molecule has 136 valence electrons. The molecule has 0 aromatic heterocycles. The van der Waals surface area contributed by atoms with E-state index in [1.54, 1.807) is 13.0 Å². The first-order valence-corrected chi connectivity index (χ1v) is 10.4. The van der Waals surface area contributed by atoms with Crippen molar-refractivity contribution in [2.24, 2.45) is 5.92 Å². The van der Waals surface area contributed by atoms with Gasteiger partial charge in [-0.2, -0.15) is 0 Å². The summed E-state index contributed by atoms with van der Waals surface area (Å²) in [6.45, 7) is 5.39. The summed E-state index contributed by atoms with van der Waals surface area (Å²) < 4.78 is 0. The Morgan fingerprint density at radius 3 is 1.74 bits per heavy atom. The van der Waals surface area contributed by atoms with Crippen LogP contribution in [0.3, 0.4) is 0 Å². The van der Waals surface area contributed by atoms with Crippen LogP contribution < -0.4 is 15.9 Å². The van der Waals surface area contributed by atoms with E-state index < -0.39 is 7.92 Å². The highest BCUT2D eigenvalue weighted by Gasteiger charge is 2.23. The van der Waals surface area contributed by atoms with E-state index >= 15 is 0 Å². The van der Waals surface area contributed by atoms with Crippen LogP contribution in [0.15, 0.2) is 78.9 Å². The summed E-state index contributed by atoms with van der Waals surface area (Å²) in [5.74, 6) is 0.0380. The van der Waals surface area contributed by atoms with Crippen LogP contribution in [-0.2, 0) is 0 Å². The molecule has 0 unspecified atom stereocenters. The fraction of sp³-hybridized carbons (Fsp3) is 0.167. The van der Waals surface area contributed by atoms with Crippen molar-refractivity contribution in [2.75, 3.05) is 0 Å². The number of hydrogen-bond acceptors (Lipinski definition) is 2. The molecule has 0 saturated carbocycles. The molecule has 0 fully saturated rings. The summed E-state index contributed by atoms with van der Waals surface area (Å²) in [6, 6.07) is 26.0. The summed E-state index contributed by atoms with van der Waals surface area (Å²) in [4.78, 5) is 25.0. The zero-order valence-corrected chi connectivity index (χ0v) is 16.7. The van der Waals surface area contributed by atoms with E-state index in [9.17, 15) is 9.59 Å². The van der Waals surface area contributed by atoms with Gasteiger partial charge < -0.3 is 0 Å². The molecule has 3 aromatic carbocycles. The maximum absolute atomic E-state index is 12.6. The Hall–Kier alpha value is -2.57. The molecular weight excluding hydrogens is 351 g/mol. The van der Waals surface area contributed by atoms with E-state index in [2.05, 4.69) is 24.3 Å². The molecule has 0 aliphatic rings. The Balaban J connectivity index is 2.26. The summed E-state index contributed by atoms with van der Waals surface area (Å²) in [7, 11) is -0.933. The van der Waals surface area contributed by atoms with Crippen molar-refractivity contribution < 1.29 is 9.59 Å². The van der Waals surface area contributed by atoms with E-state index in [1.165, 1.54) is 0 Å². The Labute approximate surface area is 162 Å². The highest BCUT2D eigenvalue weighted by Crippen LogP contribution is 2.34. The topological polar surface area (TPSA) is 34.1 Å². The van der Waals surface area contributed by atoms with Gasteiger partial charge in [-0.15, -0.1) is 0 Å². The lowest BCUT2D eigenvalue weighted by Gasteiger charge is -2.22. The maximum Gasteiger partial charge on any atom is 0.165 e. The van der Waals surface area contributed by atoms with Crippen LogP contribution in [0.1, 0.15) is 41.5 Å². The summed E-state index contributed by atoms with van der Waals surface area (Å²) in [6.07, 6.45) is 0. The third-order valence-corrected chi connectivity index (χ3v) is 6.94. The second kappa shape index (κ2) is 8.41. The van der Waals surface area contributed by atoms with Gasteiger partial charge in [0.2, 0.25) is 0 Å². The molecule has 0 atom stereocenters. The third-order valence-electron chi connectivity index (χ3n) is 4.46. The molecule has 2 nitrogen and oxygen atoms in total. The first-order chi connectivity index (χ1) is 13.0. The van der Waals surface area contributed by atoms with E-state index in [0.29, 0.717) is 11.1 Å². The van der Waals surface area contributed by atoms with Gasteiger partial charge in [0.15, 0.2) is 11.6 Å². The maximum atomic E-state index is 12.6. The van der Waals surface area contributed by atoms with Crippen LogP contribution in [-0.4, -0.2) is 11.6 Å². The lowest BCUT2D eigenvalue weighted by atomic mass is 9.99. The minimum absolute atomic E-state index is 0.0212. The van der Waals surface area contributed by atoms with E-state index in [-0.39, 0.29) is 17.5 Å². The monoisotopic (exact) mass is 374 g/mol. The summed E-state index contributed by atoms with van der Waals surface area (Å²) in [5, 5.41) is 3.27. The fourth-order valence-electron chi connectivity index (χ4n) is 3.08. The van der Waals surface area contributed by atoms with Gasteiger partial charge in [0.25, 0.3) is 0 Å². The number of carbonyl (C=O) groups excluding carboxylic acids is 2. The van der Waals surface area contributed by atoms with Crippen molar-refractivity contribution in [1.82, 2.24) is 0 Å². The SMILES string of the molecule is CC(=O)c1ccc(C(=O)C(C)C)cc1P(c1ccccc1)c1ccccc1. The lowest BCUT2D eigenvalue weighted by molar-refractivity contribution is 0.0938. The quantitative estimate of drug-likeness (QED) is 0.471. The van der Waals surface area contributed by atoms with Crippen LogP contribution in [0.25, 0.3) is 0 Å². The highest BCUT2D eigenvalue weighted by molar-refractivity contribution is 7.80. The van der Waals surface area contributed by atoms with Crippen LogP contribution in [0.4, 0.5) is 0 Å². The average molecular weight is 374 g/mol. The van der Waals surface area contributed by atoms with Gasteiger partial charge in [-0.05, 0) is 36.8 Å². The van der Waals surface area contributed by atoms with Crippen molar-refractivity contribution in [3.8, 4) is 0 Å². The largest absolute Gasteiger partial charge is 0.294 e. The van der Waals surface area contributed by atoms with Crippen molar-refractivity contribution >= 4 is 35.4 Å². The minimum Gasteiger partial charge on any atom is -0.294 e. The molecule has 0 amide bonds. The first-order valence-electron chi connectivity index (χ1n) is 9.08. The molecular formula is C24H23O2P. The number of ketones is 2. The van der Waals surface area contributed by atoms with Crippen LogP contribution in [0.5, 0.6) is 0 Å². The van der Waals surface area contributed by atoms with Crippen molar-refractivity contribution in [3.63, 3.8) is 0 Å². The number of Topliss-reactive ketones (excluding diaryl/α,β-unsaturated/α-hetero) is 2. The molecule has 0 radical (unpaired) electrons. The molecule has 0 saturated heterocycles. The molecule has 0 aliphatic carbocycles. The molecule has 0 heterocycles. The fourth-order valence-corrected chi connectivity index (χ4v) is 5.62. The molecule has 3 rings (SSSR count). The highest BCUT2D eigenvalue weighted by atomic mass is 31.1. The van der Waals surface area contributed by atoms with Crippen LogP contribution >= 0.6 is 7.92 Å². The van der Waals surface area contributed by atoms with Crippen LogP contribution in [0.2, 0.25) is 0 Å². The molecule has 0 aliphatic heterocycles. The Morgan fingerprint density at radius 2 is 1.30 bits per heavy atom. The Kier molecular flexibility index (Phi) is 5.98. The van der Waals surface area contributed by atoms with E-state index in [4.69, 9.17) is 0 Å². The summed E-state index contributed by atoms with van der Waals surface area (Å²) in [5.41, 5.74) is 1.36. The molecule has 3 aromatic rings. The second-order valence-corrected chi connectivity index (χ2v) is 9.00. The third kappa shape index (κ3) is 4.23. The smallest absolute Gasteiger partial charge is 0.165 e. The van der Waals surface area contributed by atoms with Crippen molar-refractivity contribution in [2.45, 2.75) is 20.8 Å². The normalized spacial score (nSPS) is 11.0. The number of carbonyl (C=O) groups is 2. The number of hydrogen-bond donors (Lipinski definition) is 0. The predicted octanol–water partition coefficient (Wildman–Crippen LogP) is 4.49. The number of rotatable bonds is 6. The van der Waals surface area contributed by atoms with Crippen molar-refractivity contribution in [1.29, 1.82) is 0 Å². The lowest BCUT2D eigenvalue weighted by Crippen LogP contribution is -2.26. The zero-order valence-electron chi connectivity index (χ0n) is 15.8. The number of benzene rings is 3. The minimum atomic E-state index is -0.933. The van der Waals surface area contributed by atoms with Gasteiger partial charge in [0.05, 0.1) is 0 Å². The molecule has 0 bridgehead atoms. The first kappa shape index (κ1) is 19.2. The van der Waals surface area contributed by atoms with Crippen LogP contribution in [0, 0.1) is 5.92 Å². The van der Waals surface area contributed by atoms with Gasteiger partial charge in [-0.1, -0.05) is 86.6 Å². The molecule has 0 spiro atoms. The van der Waals surface area contributed by atoms with E-state index in [0.717, 1.165) is 15.9 Å². The standard InChI is InChI=1S/C24H23O2P/c1-17(2)24(26)19-14-15-22(18(3)25)23(16-19)27(20-10-6-4-7-11-20)21-12-8-5-9-13-21/h4-17H,1-3H3. The van der Waals surface area contributed by atoms with Gasteiger partial charge in [-0.3, -0.25) is 9.59 Å². The van der Waals surface area contributed by atoms with Crippen molar-refractivity contribution in [3.05, 3.63) is 90.0 Å². The van der Waals surface area contributed by atoms with Gasteiger partial charge in [-0.25, -0.2) is 0 Å². The molecule has 3 heteroatoms. The molecule has 27 heavy (non-hydrogen) atoms. The van der Waals surface area contributed by atoms with Gasteiger partial charge in [0, 0.05) is 17.0 Å².